The van der Waals surface area contributed by atoms with Crippen LogP contribution in [0.5, 0.6) is 0 Å². The number of benzene rings is 1. The Morgan fingerprint density at radius 1 is 1.25 bits per heavy atom. The first-order chi connectivity index (χ1) is 11.6. The zero-order valence-corrected chi connectivity index (χ0v) is 13.7. The largest absolute Gasteiger partial charge is 0.395 e. The molecule has 0 heterocycles. The zero-order chi connectivity index (χ0) is 17.2. The van der Waals surface area contributed by atoms with Crippen molar-refractivity contribution in [2.24, 2.45) is 0 Å². The van der Waals surface area contributed by atoms with Crippen molar-refractivity contribution in [3.63, 3.8) is 0 Å². The Hall–Kier alpha value is -1.69. The first kappa shape index (κ1) is 17.1. The van der Waals surface area contributed by atoms with E-state index in [0.717, 1.165) is 25.7 Å². The lowest BCUT2D eigenvalue weighted by Gasteiger charge is -2.32. The standard InChI is InChI=1S/C18H24F2N2O2/c19-14-4-3-5-15(20)16(14)18(8-1-2-9-18)12-21-17(24)22(10-11-23)13-6-7-13/h3-5,13,23H,1-2,6-12H2,(H,21,24). The molecule has 0 bridgehead atoms. The normalized spacial score (nSPS) is 19.3. The van der Waals surface area contributed by atoms with Crippen molar-refractivity contribution in [1.82, 2.24) is 10.2 Å². The predicted molar refractivity (Wildman–Crippen MR) is 86.7 cm³/mol. The first-order valence-electron chi connectivity index (χ1n) is 8.67. The minimum atomic E-state index is -0.681. The molecule has 1 aromatic carbocycles. The van der Waals surface area contributed by atoms with E-state index in [2.05, 4.69) is 5.32 Å². The molecule has 1 aromatic rings. The molecule has 2 saturated carbocycles. The molecule has 132 valence electrons. The van der Waals surface area contributed by atoms with Gasteiger partial charge in [-0.3, -0.25) is 0 Å². The summed E-state index contributed by atoms with van der Waals surface area (Å²) < 4.78 is 28.6. The molecule has 0 spiro atoms. The maximum absolute atomic E-state index is 14.3. The van der Waals surface area contributed by atoms with Crippen LogP contribution < -0.4 is 5.32 Å². The molecule has 3 rings (SSSR count). The Morgan fingerprint density at radius 3 is 2.42 bits per heavy atom. The van der Waals surface area contributed by atoms with E-state index in [1.807, 2.05) is 0 Å². The Bertz CT molecular complexity index is 578. The van der Waals surface area contributed by atoms with Gasteiger partial charge in [-0.15, -0.1) is 0 Å². The summed E-state index contributed by atoms with van der Waals surface area (Å²) >= 11 is 0. The van der Waals surface area contributed by atoms with E-state index in [-0.39, 0.29) is 37.3 Å². The molecule has 0 unspecified atom stereocenters. The first-order valence-corrected chi connectivity index (χ1v) is 8.67. The van der Waals surface area contributed by atoms with E-state index in [1.54, 1.807) is 4.90 Å². The maximum atomic E-state index is 14.3. The quantitative estimate of drug-likeness (QED) is 0.838. The van der Waals surface area contributed by atoms with Gasteiger partial charge >= 0.3 is 6.03 Å². The van der Waals surface area contributed by atoms with Crippen LogP contribution in [0.25, 0.3) is 0 Å². The Labute approximate surface area is 140 Å². The average Bonchev–Trinajstić information content (AvgIpc) is 3.29. The van der Waals surface area contributed by atoms with Gasteiger partial charge in [-0.2, -0.15) is 0 Å². The minimum absolute atomic E-state index is 0.0863. The van der Waals surface area contributed by atoms with Crippen LogP contribution in [0.3, 0.4) is 0 Å². The number of halogens is 2. The average molecular weight is 338 g/mol. The fourth-order valence-electron chi connectivity index (χ4n) is 3.86. The molecule has 24 heavy (non-hydrogen) atoms. The molecular weight excluding hydrogens is 314 g/mol. The number of carbonyl (C=O) groups is 1. The Kier molecular flexibility index (Phi) is 5.04. The van der Waals surface area contributed by atoms with E-state index in [0.29, 0.717) is 12.8 Å². The highest BCUT2D eigenvalue weighted by molar-refractivity contribution is 5.75. The fraction of sp³-hybridized carbons (Fsp3) is 0.611. The van der Waals surface area contributed by atoms with Gasteiger partial charge in [0.1, 0.15) is 11.6 Å². The van der Waals surface area contributed by atoms with E-state index < -0.39 is 17.0 Å². The number of rotatable bonds is 6. The summed E-state index contributed by atoms with van der Waals surface area (Å²) in [5.74, 6) is -1.08. The van der Waals surface area contributed by atoms with Gasteiger partial charge in [0.2, 0.25) is 0 Å². The molecule has 0 aliphatic heterocycles. The smallest absolute Gasteiger partial charge is 0.317 e. The third-order valence-electron chi connectivity index (χ3n) is 5.22. The number of nitrogens with zero attached hydrogens (tertiary/aromatic N) is 1. The summed E-state index contributed by atoms with van der Waals surface area (Å²) in [6, 6.07) is 3.85. The van der Waals surface area contributed by atoms with Gasteiger partial charge in [0, 0.05) is 30.1 Å². The lowest BCUT2D eigenvalue weighted by atomic mass is 9.78. The monoisotopic (exact) mass is 338 g/mol. The highest BCUT2D eigenvalue weighted by atomic mass is 19.1. The van der Waals surface area contributed by atoms with Crippen LogP contribution in [0.15, 0.2) is 18.2 Å². The highest BCUT2D eigenvalue weighted by Crippen LogP contribution is 2.43. The molecule has 2 amide bonds. The summed E-state index contributed by atoms with van der Waals surface area (Å²) in [4.78, 5) is 14.1. The number of hydrogen-bond acceptors (Lipinski definition) is 2. The molecular formula is C18H24F2N2O2. The summed E-state index contributed by atoms with van der Waals surface area (Å²) in [6.45, 7) is 0.424. The maximum Gasteiger partial charge on any atom is 0.317 e. The second-order valence-electron chi connectivity index (χ2n) is 6.89. The van der Waals surface area contributed by atoms with Gasteiger partial charge < -0.3 is 15.3 Å². The van der Waals surface area contributed by atoms with Gasteiger partial charge in [-0.25, -0.2) is 13.6 Å². The van der Waals surface area contributed by atoms with Crippen molar-refractivity contribution in [2.75, 3.05) is 19.7 Å². The van der Waals surface area contributed by atoms with Crippen LogP contribution >= 0.6 is 0 Å². The molecule has 0 saturated heterocycles. The van der Waals surface area contributed by atoms with E-state index in [4.69, 9.17) is 5.11 Å². The molecule has 2 aliphatic carbocycles. The van der Waals surface area contributed by atoms with Crippen LogP contribution in [0.1, 0.15) is 44.1 Å². The molecule has 0 aromatic heterocycles. The number of amides is 2. The van der Waals surface area contributed by atoms with E-state index in [9.17, 15) is 13.6 Å². The SMILES string of the molecule is O=C(NCC1(c2c(F)cccc2F)CCCC1)N(CCO)C1CC1. The molecule has 2 aliphatic rings. The number of aliphatic hydroxyl groups excluding tert-OH is 1. The predicted octanol–water partition coefficient (Wildman–Crippen LogP) is 2.94. The van der Waals surface area contributed by atoms with Crippen molar-refractivity contribution in [3.05, 3.63) is 35.4 Å². The second kappa shape index (κ2) is 7.05. The van der Waals surface area contributed by atoms with Gasteiger partial charge in [-0.05, 0) is 37.8 Å². The highest BCUT2D eigenvalue weighted by Gasteiger charge is 2.41. The third-order valence-corrected chi connectivity index (χ3v) is 5.22. The van der Waals surface area contributed by atoms with Gasteiger partial charge in [0.05, 0.1) is 6.61 Å². The molecule has 2 fully saturated rings. The Morgan fingerprint density at radius 2 is 1.88 bits per heavy atom. The molecule has 6 heteroatoms. The van der Waals surface area contributed by atoms with Crippen LogP contribution in [-0.2, 0) is 5.41 Å². The van der Waals surface area contributed by atoms with Crippen molar-refractivity contribution in [2.45, 2.75) is 50.0 Å². The number of nitrogens with one attached hydrogen (secondary N) is 1. The van der Waals surface area contributed by atoms with Crippen LogP contribution in [0, 0.1) is 11.6 Å². The summed E-state index contributed by atoms with van der Waals surface area (Å²) in [5.41, 5.74) is -0.581. The van der Waals surface area contributed by atoms with Crippen molar-refractivity contribution < 1.29 is 18.7 Å². The molecule has 4 nitrogen and oxygen atoms in total. The van der Waals surface area contributed by atoms with Crippen molar-refractivity contribution in [1.29, 1.82) is 0 Å². The van der Waals surface area contributed by atoms with Crippen LogP contribution in [0.2, 0.25) is 0 Å². The van der Waals surface area contributed by atoms with Crippen LogP contribution in [0.4, 0.5) is 13.6 Å². The van der Waals surface area contributed by atoms with Gasteiger partial charge in [0.15, 0.2) is 0 Å². The third kappa shape index (κ3) is 3.38. The van der Waals surface area contributed by atoms with E-state index in [1.165, 1.54) is 18.2 Å². The van der Waals surface area contributed by atoms with E-state index >= 15 is 0 Å². The minimum Gasteiger partial charge on any atom is -0.395 e. The van der Waals surface area contributed by atoms with Gasteiger partial charge in [0.25, 0.3) is 0 Å². The van der Waals surface area contributed by atoms with Crippen molar-refractivity contribution in [3.8, 4) is 0 Å². The van der Waals surface area contributed by atoms with Gasteiger partial charge in [-0.1, -0.05) is 18.9 Å². The topological polar surface area (TPSA) is 52.6 Å². The second-order valence-corrected chi connectivity index (χ2v) is 6.89. The number of hydrogen-bond donors (Lipinski definition) is 2. The lowest BCUT2D eigenvalue weighted by molar-refractivity contribution is 0.171. The summed E-state index contributed by atoms with van der Waals surface area (Å²) in [7, 11) is 0. The number of urea groups is 1. The molecule has 0 radical (unpaired) electrons. The Balaban J connectivity index is 1.76. The number of aliphatic hydroxyl groups is 1. The summed E-state index contributed by atoms with van der Waals surface area (Å²) in [5, 5.41) is 12.0. The number of carbonyl (C=O) groups excluding carboxylic acids is 1. The zero-order valence-electron chi connectivity index (χ0n) is 13.7. The fourth-order valence-corrected chi connectivity index (χ4v) is 3.86. The lowest BCUT2D eigenvalue weighted by Crippen LogP contribution is -2.47. The summed E-state index contributed by atoms with van der Waals surface area (Å²) in [6.07, 6.45) is 5.00. The molecule has 2 N–H and O–H groups in total. The molecule has 0 atom stereocenters. The van der Waals surface area contributed by atoms with Crippen LogP contribution in [-0.4, -0.2) is 41.8 Å². The van der Waals surface area contributed by atoms with Crippen molar-refractivity contribution >= 4 is 6.03 Å².